The minimum atomic E-state index is -0.884. The van der Waals surface area contributed by atoms with E-state index in [0.717, 1.165) is 28.5 Å². The summed E-state index contributed by atoms with van der Waals surface area (Å²) in [6.45, 7) is 1.92. The van der Waals surface area contributed by atoms with Crippen molar-refractivity contribution in [2.24, 2.45) is 0 Å². The van der Waals surface area contributed by atoms with Gasteiger partial charge in [0, 0.05) is 23.2 Å². The topological polar surface area (TPSA) is 62.5 Å². The third kappa shape index (κ3) is 2.74. The number of aliphatic hydroxyl groups is 1. The van der Waals surface area contributed by atoms with Crippen molar-refractivity contribution in [1.29, 1.82) is 0 Å². The first-order valence-electron chi connectivity index (χ1n) is 6.14. The predicted molar refractivity (Wildman–Crippen MR) is 74.7 cm³/mol. The van der Waals surface area contributed by atoms with Crippen molar-refractivity contribution in [2.75, 3.05) is 6.61 Å². The van der Waals surface area contributed by atoms with E-state index in [-0.39, 0.29) is 13.2 Å². The molecule has 1 aromatic heterocycles. The molecule has 0 amide bonds. The second-order valence-electron chi connectivity index (χ2n) is 4.57. The zero-order valence-corrected chi connectivity index (χ0v) is 11.4. The largest absolute Gasteiger partial charge is 0.480 e. The third-order valence-corrected chi connectivity index (χ3v) is 3.63. The van der Waals surface area contributed by atoms with Crippen LogP contribution in [-0.2, 0) is 17.8 Å². The quantitative estimate of drug-likeness (QED) is 0.885. The average Bonchev–Trinajstić information content (AvgIpc) is 2.69. The fourth-order valence-electron chi connectivity index (χ4n) is 2.37. The van der Waals surface area contributed by atoms with Crippen LogP contribution in [0.2, 0.25) is 5.02 Å². The van der Waals surface area contributed by atoms with Gasteiger partial charge in [0.25, 0.3) is 0 Å². The highest BCUT2D eigenvalue weighted by Crippen LogP contribution is 2.30. The van der Waals surface area contributed by atoms with Crippen LogP contribution in [0.3, 0.4) is 0 Å². The maximum absolute atomic E-state index is 10.9. The Kier molecular flexibility index (Phi) is 4.12. The van der Waals surface area contributed by atoms with Gasteiger partial charge in [-0.1, -0.05) is 17.7 Å². The van der Waals surface area contributed by atoms with Crippen LogP contribution in [0.5, 0.6) is 0 Å². The van der Waals surface area contributed by atoms with E-state index in [0.29, 0.717) is 11.4 Å². The Morgan fingerprint density at radius 3 is 2.79 bits per heavy atom. The number of carboxylic acid groups (broad SMARTS) is 1. The minimum absolute atomic E-state index is 0.0865. The van der Waals surface area contributed by atoms with Crippen LogP contribution in [-0.4, -0.2) is 27.4 Å². The number of aliphatic hydroxyl groups excluding tert-OH is 1. The molecule has 2 aromatic rings. The molecular formula is C14H16ClNO3. The van der Waals surface area contributed by atoms with Crippen molar-refractivity contribution >= 4 is 28.5 Å². The summed E-state index contributed by atoms with van der Waals surface area (Å²) < 4.78 is 1.71. The Bertz CT molecular complexity index is 619. The summed E-state index contributed by atoms with van der Waals surface area (Å²) in [6, 6.07) is 3.74. The second kappa shape index (κ2) is 5.63. The van der Waals surface area contributed by atoms with Crippen molar-refractivity contribution in [1.82, 2.24) is 4.57 Å². The van der Waals surface area contributed by atoms with Crippen LogP contribution in [0.25, 0.3) is 10.9 Å². The number of aliphatic carboxylic acids is 1. The van der Waals surface area contributed by atoms with Crippen LogP contribution in [0.1, 0.15) is 17.5 Å². The van der Waals surface area contributed by atoms with Crippen LogP contribution < -0.4 is 0 Å². The summed E-state index contributed by atoms with van der Waals surface area (Å²) in [5.41, 5.74) is 2.79. The van der Waals surface area contributed by atoms with Crippen molar-refractivity contribution in [3.63, 3.8) is 0 Å². The van der Waals surface area contributed by atoms with E-state index in [9.17, 15) is 4.79 Å². The Balaban J connectivity index is 2.59. The smallest absolute Gasteiger partial charge is 0.323 e. The second-order valence-corrected chi connectivity index (χ2v) is 4.98. The summed E-state index contributed by atoms with van der Waals surface area (Å²) in [6.07, 6.45) is 3.23. The van der Waals surface area contributed by atoms with Crippen molar-refractivity contribution < 1.29 is 15.0 Å². The summed E-state index contributed by atoms with van der Waals surface area (Å²) >= 11 is 6.11. The number of rotatable bonds is 5. The first-order chi connectivity index (χ1) is 9.04. The highest BCUT2D eigenvalue weighted by Gasteiger charge is 2.14. The number of aryl methyl sites for hydroxylation is 2. The normalized spacial score (nSPS) is 11.1. The average molecular weight is 282 g/mol. The molecule has 0 aliphatic heterocycles. The number of nitrogens with zero attached hydrogens (tertiary/aromatic N) is 1. The summed E-state index contributed by atoms with van der Waals surface area (Å²) in [7, 11) is 0. The van der Waals surface area contributed by atoms with Gasteiger partial charge in [-0.2, -0.15) is 0 Å². The van der Waals surface area contributed by atoms with Crippen LogP contribution in [0.15, 0.2) is 18.3 Å². The molecule has 2 N–H and O–H groups in total. The molecule has 1 aromatic carbocycles. The molecule has 0 aliphatic carbocycles. The molecule has 0 fully saturated rings. The van der Waals surface area contributed by atoms with E-state index in [1.54, 1.807) is 4.57 Å². The van der Waals surface area contributed by atoms with Crippen molar-refractivity contribution in [2.45, 2.75) is 26.3 Å². The van der Waals surface area contributed by atoms with Gasteiger partial charge in [-0.05, 0) is 37.0 Å². The molecule has 0 spiro atoms. The van der Waals surface area contributed by atoms with Crippen molar-refractivity contribution in [3.05, 3.63) is 34.5 Å². The fraction of sp³-hybridized carbons (Fsp3) is 0.357. The lowest BCUT2D eigenvalue weighted by molar-refractivity contribution is -0.137. The van der Waals surface area contributed by atoms with Gasteiger partial charge in [-0.3, -0.25) is 4.79 Å². The van der Waals surface area contributed by atoms with Gasteiger partial charge < -0.3 is 14.8 Å². The highest BCUT2D eigenvalue weighted by molar-refractivity contribution is 6.32. The van der Waals surface area contributed by atoms with E-state index < -0.39 is 5.97 Å². The van der Waals surface area contributed by atoms with E-state index in [1.165, 1.54) is 0 Å². The lowest BCUT2D eigenvalue weighted by atomic mass is 10.1. The third-order valence-electron chi connectivity index (χ3n) is 3.22. The fourth-order valence-corrected chi connectivity index (χ4v) is 2.52. The van der Waals surface area contributed by atoms with Gasteiger partial charge in [0.2, 0.25) is 0 Å². The first-order valence-corrected chi connectivity index (χ1v) is 6.52. The Morgan fingerprint density at radius 2 is 2.16 bits per heavy atom. The van der Waals surface area contributed by atoms with Crippen molar-refractivity contribution in [3.8, 4) is 0 Å². The molecule has 0 saturated heterocycles. The Morgan fingerprint density at radius 1 is 1.42 bits per heavy atom. The molecule has 2 rings (SSSR count). The maximum atomic E-state index is 10.9. The molecule has 5 heteroatoms. The van der Waals surface area contributed by atoms with Gasteiger partial charge in [0.15, 0.2) is 0 Å². The molecule has 19 heavy (non-hydrogen) atoms. The zero-order chi connectivity index (χ0) is 14.0. The molecular weight excluding hydrogens is 266 g/mol. The van der Waals surface area contributed by atoms with Crippen LogP contribution in [0.4, 0.5) is 0 Å². The first kappa shape index (κ1) is 13.9. The molecule has 0 aliphatic rings. The minimum Gasteiger partial charge on any atom is -0.480 e. The molecule has 0 bridgehead atoms. The number of halogens is 1. The van der Waals surface area contributed by atoms with Crippen LogP contribution in [0, 0.1) is 6.92 Å². The summed E-state index contributed by atoms with van der Waals surface area (Å²) in [5.74, 6) is -0.884. The number of aromatic nitrogens is 1. The molecule has 102 valence electrons. The lowest BCUT2D eigenvalue weighted by Crippen LogP contribution is -2.08. The number of hydrogen-bond donors (Lipinski definition) is 2. The van der Waals surface area contributed by atoms with Gasteiger partial charge in [0.05, 0.1) is 5.52 Å². The molecule has 4 nitrogen and oxygen atoms in total. The van der Waals surface area contributed by atoms with Crippen LogP contribution >= 0.6 is 11.6 Å². The van der Waals surface area contributed by atoms with E-state index in [4.69, 9.17) is 21.8 Å². The summed E-state index contributed by atoms with van der Waals surface area (Å²) in [5, 5.41) is 19.5. The molecule has 0 saturated carbocycles. The number of hydrogen-bond acceptors (Lipinski definition) is 2. The maximum Gasteiger partial charge on any atom is 0.323 e. The van der Waals surface area contributed by atoms with Gasteiger partial charge in [-0.25, -0.2) is 0 Å². The van der Waals surface area contributed by atoms with E-state index in [1.807, 2.05) is 25.3 Å². The van der Waals surface area contributed by atoms with E-state index in [2.05, 4.69) is 0 Å². The molecule has 1 heterocycles. The van der Waals surface area contributed by atoms with E-state index >= 15 is 0 Å². The standard InChI is InChI=1S/C14H16ClNO3/c1-9-12(15)5-4-11-10(3-2-6-17)7-16(14(9)11)8-13(18)19/h4-5,7,17H,2-3,6,8H2,1H3,(H,18,19). The van der Waals surface area contributed by atoms with Gasteiger partial charge in [0.1, 0.15) is 6.54 Å². The number of fused-ring (bicyclic) bond motifs is 1. The molecule has 0 radical (unpaired) electrons. The van der Waals surface area contributed by atoms with Gasteiger partial charge in [-0.15, -0.1) is 0 Å². The number of carboxylic acids is 1. The Hall–Kier alpha value is -1.52. The summed E-state index contributed by atoms with van der Waals surface area (Å²) in [4.78, 5) is 10.9. The SMILES string of the molecule is Cc1c(Cl)ccc2c(CCCO)cn(CC(=O)O)c12. The molecule has 0 unspecified atom stereocenters. The zero-order valence-electron chi connectivity index (χ0n) is 10.7. The monoisotopic (exact) mass is 281 g/mol. The lowest BCUT2D eigenvalue weighted by Gasteiger charge is -2.06. The van der Waals surface area contributed by atoms with Gasteiger partial charge >= 0.3 is 5.97 Å². The molecule has 0 atom stereocenters. The predicted octanol–water partition coefficient (Wildman–Crippen LogP) is 2.61. The Labute approximate surface area is 116 Å². The highest BCUT2D eigenvalue weighted by atomic mass is 35.5. The number of benzene rings is 1. The number of carbonyl (C=O) groups is 1.